The summed E-state index contributed by atoms with van der Waals surface area (Å²) in [5.74, 6) is 1.83. The van der Waals surface area contributed by atoms with Gasteiger partial charge >= 0.3 is 0 Å². The molecule has 4 rings (SSSR count). The van der Waals surface area contributed by atoms with E-state index in [1.165, 1.54) is 0 Å². The van der Waals surface area contributed by atoms with Crippen molar-refractivity contribution in [2.24, 2.45) is 34.5 Å². The van der Waals surface area contributed by atoms with Gasteiger partial charge in [0.2, 0.25) is 5.78 Å². The fourth-order valence-corrected chi connectivity index (χ4v) is 6.72. The van der Waals surface area contributed by atoms with Crippen LogP contribution in [0.15, 0.2) is 0 Å². The van der Waals surface area contributed by atoms with E-state index in [0.29, 0.717) is 30.0 Å². The second-order valence-corrected chi connectivity index (χ2v) is 8.72. The molecule has 0 aromatic carbocycles. The molecule has 0 spiro atoms. The normalized spacial score (nSPS) is 51.3. The fourth-order valence-electron chi connectivity index (χ4n) is 6.72. The van der Waals surface area contributed by atoms with Crippen molar-refractivity contribution in [3.63, 3.8) is 0 Å². The number of rotatable bonds is 0. The zero-order valence-corrected chi connectivity index (χ0v) is 13.7. The molecule has 0 saturated heterocycles. The van der Waals surface area contributed by atoms with E-state index < -0.39 is 0 Å². The van der Waals surface area contributed by atoms with Crippen LogP contribution in [0.2, 0.25) is 0 Å². The quantitative estimate of drug-likeness (QED) is 0.645. The molecule has 3 heteroatoms. The SMILES string of the molecule is C[C@]12CCC(=O)C(=O)C1CCC1C2CC[C@]2(C)C(=O)CCC12. The van der Waals surface area contributed by atoms with Crippen LogP contribution in [-0.2, 0) is 14.4 Å². The number of Topliss-reactive ketones (excluding diaryl/α,β-unsaturated/α-hetero) is 3. The van der Waals surface area contributed by atoms with Crippen LogP contribution < -0.4 is 0 Å². The molecule has 4 unspecified atom stereocenters. The van der Waals surface area contributed by atoms with E-state index in [9.17, 15) is 14.4 Å². The Morgan fingerprint density at radius 2 is 1.64 bits per heavy atom. The first kappa shape index (κ1) is 14.6. The van der Waals surface area contributed by atoms with Gasteiger partial charge in [-0.3, -0.25) is 14.4 Å². The van der Waals surface area contributed by atoms with Crippen molar-refractivity contribution >= 4 is 17.3 Å². The average Bonchev–Trinajstić information content (AvgIpc) is 2.79. The number of carbonyl (C=O) groups is 3. The standard InChI is InChI=1S/C19H26O3/c1-18-10-8-15(20)17(22)14(18)4-3-11-12-5-6-16(21)19(12,2)9-7-13(11)18/h11-14H,3-10H2,1-2H3/t11?,12?,13?,14?,18-,19+/m1/s1. The zero-order chi connectivity index (χ0) is 15.7. The third-order valence-electron chi connectivity index (χ3n) is 8.06. The first-order chi connectivity index (χ1) is 10.4. The summed E-state index contributed by atoms with van der Waals surface area (Å²) in [5, 5.41) is 0. The van der Waals surface area contributed by atoms with E-state index in [2.05, 4.69) is 13.8 Å². The van der Waals surface area contributed by atoms with Crippen LogP contribution in [0.4, 0.5) is 0 Å². The lowest BCUT2D eigenvalue weighted by Crippen LogP contribution is -2.56. The maximum Gasteiger partial charge on any atom is 0.201 e. The molecule has 4 aliphatic carbocycles. The zero-order valence-electron chi connectivity index (χ0n) is 13.7. The number of ketones is 3. The predicted octanol–water partition coefficient (Wildman–Crippen LogP) is 3.35. The van der Waals surface area contributed by atoms with Crippen molar-refractivity contribution in [3.05, 3.63) is 0 Å². The molecule has 4 aliphatic rings. The Morgan fingerprint density at radius 3 is 2.41 bits per heavy atom. The lowest BCUT2D eigenvalue weighted by molar-refractivity contribution is -0.158. The van der Waals surface area contributed by atoms with Crippen LogP contribution in [0.25, 0.3) is 0 Å². The molecule has 0 radical (unpaired) electrons. The van der Waals surface area contributed by atoms with Gasteiger partial charge in [0.15, 0.2) is 5.78 Å². The van der Waals surface area contributed by atoms with E-state index in [1.807, 2.05) is 0 Å². The summed E-state index contributed by atoms with van der Waals surface area (Å²) in [7, 11) is 0. The molecule has 0 aliphatic heterocycles. The van der Waals surface area contributed by atoms with Gasteiger partial charge in [0, 0.05) is 24.2 Å². The molecule has 0 aromatic heterocycles. The van der Waals surface area contributed by atoms with Crippen molar-refractivity contribution < 1.29 is 14.4 Å². The minimum atomic E-state index is -0.141. The van der Waals surface area contributed by atoms with Gasteiger partial charge in [-0.1, -0.05) is 13.8 Å². The Labute approximate surface area is 132 Å². The number of hydrogen-bond acceptors (Lipinski definition) is 3. The highest BCUT2D eigenvalue weighted by Crippen LogP contribution is 2.64. The lowest BCUT2D eigenvalue weighted by Gasteiger charge is -2.58. The summed E-state index contributed by atoms with van der Waals surface area (Å²) >= 11 is 0. The van der Waals surface area contributed by atoms with Gasteiger partial charge in [-0.05, 0) is 61.7 Å². The van der Waals surface area contributed by atoms with Crippen LogP contribution >= 0.6 is 0 Å². The Kier molecular flexibility index (Phi) is 3.00. The molecule has 120 valence electrons. The largest absolute Gasteiger partial charge is 0.299 e. The van der Waals surface area contributed by atoms with Crippen LogP contribution in [0.5, 0.6) is 0 Å². The highest BCUT2D eigenvalue weighted by atomic mass is 16.2. The maximum atomic E-state index is 12.4. The first-order valence-corrected chi connectivity index (χ1v) is 8.98. The van der Waals surface area contributed by atoms with Crippen LogP contribution in [0.3, 0.4) is 0 Å². The molecule has 22 heavy (non-hydrogen) atoms. The third-order valence-corrected chi connectivity index (χ3v) is 8.06. The number of hydrogen-bond donors (Lipinski definition) is 0. The monoisotopic (exact) mass is 302 g/mol. The van der Waals surface area contributed by atoms with E-state index in [0.717, 1.165) is 44.9 Å². The highest BCUT2D eigenvalue weighted by Gasteiger charge is 2.61. The van der Waals surface area contributed by atoms with Crippen molar-refractivity contribution in [1.29, 1.82) is 0 Å². The molecule has 4 saturated carbocycles. The minimum Gasteiger partial charge on any atom is -0.299 e. The Bertz CT molecular complexity index is 565. The predicted molar refractivity (Wildman–Crippen MR) is 82.1 cm³/mol. The molecule has 4 fully saturated rings. The molecule has 0 heterocycles. The van der Waals surface area contributed by atoms with Gasteiger partial charge in [-0.25, -0.2) is 0 Å². The van der Waals surface area contributed by atoms with Gasteiger partial charge in [0.05, 0.1) is 0 Å². The van der Waals surface area contributed by atoms with Gasteiger partial charge in [-0.15, -0.1) is 0 Å². The van der Waals surface area contributed by atoms with Crippen molar-refractivity contribution in [1.82, 2.24) is 0 Å². The Morgan fingerprint density at radius 1 is 0.864 bits per heavy atom. The molecule has 0 aromatic rings. The van der Waals surface area contributed by atoms with Gasteiger partial charge in [-0.2, -0.15) is 0 Å². The van der Waals surface area contributed by atoms with Gasteiger partial charge in [0.1, 0.15) is 5.78 Å². The summed E-state index contributed by atoms with van der Waals surface area (Å²) < 4.78 is 0. The van der Waals surface area contributed by atoms with Gasteiger partial charge < -0.3 is 0 Å². The molecule has 6 atom stereocenters. The van der Waals surface area contributed by atoms with Gasteiger partial charge in [0.25, 0.3) is 0 Å². The maximum absolute atomic E-state index is 12.4. The third kappa shape index (κ3) is 1.66. The minimum absolute atomic E-state index is 0.000871. The summed E-state index contributed by atoms with van der Waals surface area (Å²) in [6.45, 7) is 4.45. The fraction of sp³-hybridized carbons (Fsp3) is 0.842. The summed E-state index contributed by atoms with van der Waals surface area (Å²) in [4.78, 5) is 36.6. The average molecular weight is 302 g/mol. The topological polar surface area (TPSA) is 51.2 Å². The molecule has 0 amide bonds. The summed E-state index contributed by atoms with van der Waals surface area (Å²) in [5.41, 5.74) is -0.0975. The Balaban J connectivity index is 1.68. The van der Waals surface area contributed by atoms with Crippen LogP contribution in [0.1, 0.15) is 65.2 Å². The first-order valence-electron chi connectivity index (χ1n) is 8.98. The van der Waals surface area contributed by atoms with Crippen molar-refractivity contribution in [3.8, 4) is 0 Å². The second kappa shape index (κ2) is 4.52. The van der Waals surface area contributed by atoms with E-state index in [4.69, 9.17) is 0 Å². The van der Waals surface area contributed by atoms with Crippen molar-refractivity contribution in [2.45, 2.75) is 65.2 Å². The molecule has 3 nitrogen and oxygen atoms in total. The summed E-state index contributed by atoms with van der Waals surface area (Å²) in [6.07, 6.45) is 7.07. The Hall–Kier alpha value is -0.990. The smallest absolute Gasteiger partial charge is 0.201 e. The van der Waals surface area contributed by atoms with Crippen molar-refractivity contribution in [2.75, 3.05) is 0 Å². The van der Waals surface area contributed by atoms with E-state index >= 15 is 0 Å². The molecular weight excluding hydrogens is 276 g/mol. The second-order valence-electron chi connectivity index (χ2n) is 8.72. The lowest BCUT2D eigenvalue weighted by atomic mass is 9.45. The molecule has 0 bridgehead atoms. The number of carbonyl (C=O) groups excluding carboxylic acids is 3. The van der Waals surface area contributed by atoms with Crippen LogP contribution in [0, 0.1) is 34.5 Å². The van der Waals surface area contributed by atoms with E-state index in [-0.39, 0.29) is 28.3 Å². The van der Waals surface area contributed by atoms with E-state index in [1.54, 1.807) is 0 Å². The molecular formula is C19H26O3. The molecule has 0 N–H and O–H groups in total. The number of fused-ring (bicyclic) bond motifs is 5. The summed E-state index contributed by atoms with van der Waals surface area (Å²) in [6, 6.07) is 0. The highest BCUT2D eigenvalue weighted by molar-refractivity contribution is 6.38. The van der Waals surface area contributed by atoms with Crippen LogP contribution in [-0.4, -0.2) is 17.3 Å².